The van der Waals surface area contributed by atoms with E-state index in [0.29, 0.717) is 75.0 Å². The molecule has 41 heavy (non-hydrogen) atoms. The monoisotopic (exact) mass is 558 g/mol. The van der Waals surface area contributed by atoms with Gasteiger partial charge in [-0.1, -0.05) is 6.58 Å². The zero-order valence-corrected chi connectivity index (χ0v) is 23.5. The number of nitrogens with zero attached hydrogens (tertiary/aromatic N) is 7. The van der Waals surface area contributed by atoms with Crippen LogP contribution in [0, 0.1) is 18.3 Å². The third-order valence-electron chi connectivity index (χ3n) is 8.49. The number of anilines is 2. The highest BCUT2D eigenvalue weighted by Crippen LogP contribution is 2.39. The minimum atomic E-state index is -0.544. The van der Waals surface area contributed by atoms with E-state index in [1.54, 1.807) is 11.1 Å². The van der Waals surface area contributed by atoms with Crippen molar-refractivity contribution in [3.05, 3.63) is 51.8 Å². The molecule has 1 atom stereocenters. The third kappa shape index (κ3) is 4.91. The number of amides is 1. The Morgan fingerprint density at radius 1 is 1.24 bits per heavy atom. The molecule has 3 aromatic heterocycles. The summed E-state index contributed by atoms with van der Waals surface area (Å²) in [4.78, 5) is 44.5. The predicted octanol–water partition coefficient (Wildman–Crippen LogP) is 1.96. The van der Waals surface area contributed by atoms with Crippen LogP contribution < -0.4 is 20.3 Å². The van der Waals surface area contributed by atoms with Crippen LogP contribution in [0.4, 0.5) is 11.4 Å². The number of aromatic nitrogens is 3. The molecular formula is C29H34N8O4. The number of carbonyl (C=O) groups excluding carboxylic acids is 1. The van der Waals surface area contributed by atoms with Gasteiger partial charge in [0.25, 0.3) is 0 Å². The van der Waals surface area contributed by atoms with Gasteiger partial charge in [-0.2, -0.15) is 5.26 Å². The molecule has 2 saturated heterocycles. The molecule has 0 unspecified atom stereocenters. The van der Waals surface area contributed by atoms with Crippen LogP contribution >= 0.6 is 0 Å². The first-order valence-electron chi connectivity index (χ1n) is 14.1. The highest BCUT2D eigenvalue weighted by atomic mass is 16.5. The molecular weight excluding hydrogens is 524 g/mol. The molecule has 2 fully saturated rings. The minimum Gasteiger partial charge on any atom is -0.475 e. The molecule has 3 aliphatic heterocycles. The molecule has 12 nitrogen and oxygen atoms in total. The number of pyridine rings is 2. The molecule has 0 bridgehead atoms. The molecule has 0 aliphatic carbocycles. The lowest BCUT2D eigenvalue weighted by Gasteiger charge is -2.39. The first-order valence-corrected chi connectivity index (χ1v) is 14.1. The number of oxazole rings is 1. The van der Waals surface area contributed by atoms with Crippen LogP contribution in [-0.2, 0) is 17.8 Å². The summed E-state index contributed by atoms with van der Waals surface area (Å²) in [5, 5.41) is 10.4. The van der Waals surface area contributed by atoms with E-state index in [2.05, 4.69) is 44.4 Å². The molecule has 1 N–H and O–H groups in total. The number of ether oxygens (including phenoxy) is 1. The van der Waals surface area contributed by atoms with Gasteiger partial charge in [-0.05, 0) is 51.4 Å². The minimum absolute atomic E-state index is 0.0855. The number of rotatable bonds is 6. The number of nitrogens with one attached hydrogen (secondary N) is 1. The average molecular weight is 559 g/mol. The lowest BCUT2D eigenvalue weighted by atomic mass is 9.97. The van der Waals surface area contributed by atoms with Gasteiger partial charge in [0.15, 0.2) is 11.2 Å². The maximum absolute atomic E-state index is 12.2. The van der Waals surface area contributed by atoms with Gasteiger partial charge in [0.1, 0.15) is 18.2 Å². The molecule has 214 valence electrons. The van der Waals surface area contributed by atoms with Gasteiger partial charge < -0.3 is 28.8 Å². The topological polar surface area (TPSA) is 135 Å². The van der Waals surface area contributed by atoms with Crippen molar-refractivity contribution < 1.29 is 13.9 Å². The van der Waals surface area contributed by atoms with Crippen molar-refractivity contribution in [1.29, 1.82) is 5.26 Å². The summed E-state index contributed by atoms with van der Waals surface area (Å²) in [6, 6.07) is 2.68. The van der Waals surface area contributed by atoms with Gasteiger partial charge in [-0.25, -0.2) is 14.8 Å². The van der Waals surface area contributed by atoms with Gasteiger partial charge in [-0.3, -0.25) is 9.78 Å². The Bertz CT molecular complexity index is 1600. The number of piperazine rings is 1. The van der Waals surface area contributed by atoms with Gasteiger partial charge in [0.2, 0.25) is 11.8 Å². The van der Waals surface area contributed by atoms with E-state index >= 15 is 0 Å². The van der Waals surface area contributed by atoms with Crippen LogP contribution in [0.25, 0.3) is 11.2 Å². The molecule has 3 aromatic rings. The summed E-state index contributed by atoms with van der Waals surface area (Å²) < 4.78 is 11.8. The summed E-state index contributed by atoms with van der Waals surface area (Å²) in [6.07, 6.45) is 5.88. The number of nitriles is 1. The van der Waals surface area contributed by atoms with Crippen molar-refractivity contribution in [3.8, 4) is 11.9 Å². The maximum Gasteiger partial charge on any atom is 0.418 e. The fourth-order valence-electron chi connectivity index (χ4n) is 6.29. The number of carbonyl (C=O) groups is 1. The van der Waals surface area contributed by atoms with Crippen LogP contribution in [0.2, 0.25) is 0 Å². The molecule has 0 spiro atoms. The van der Waals surface area contributed by atoms with E-state index in [-0.39, 0.29) is 11.9 Å². The number of H-pyrrole nitrogens is 1. The summed E-state index contributed by atoms with van der Waals surface area (Å²) in [5.41, 5.74) is 5.67. The SMILES string of the molecule is C=CC(=O)N1CCN(c2c(C#N)c(OC[C@@H]3CCCN3C)nc3c2CCN(c2c(C)cnc4[nH]c(=O)oc24)C3)CC1. The molecule has 0 aromatic carbocycles. The zero-order chi connectivity index (χ0) is 28.7. The Kier molecular flexibility index (Phi) is 7.13. The van der Waals surface area contributed by atoms with Crippen molar-refractivity contribution in [2.75, 3.05) is 62.7 Å². The van der Waals surface area contributed by atoms with E-state index in [9.17, 15) is 14.9 Å². The lowest BCUT2D eigenvalue weighted by molar-refractivity contribution is -0.126. The van der Waals surface area contributed by atoms with Crippen molar-refractivity contribution in [2.45, 2.75) is 38.8 Å². The summed E-state index contributed by atoms with van der Waals surface area (Å²) in [7, 11) is 2.09. The molecule has 0 radical (unpaired) electrons. The van der Waals surface area contributed by atoms with Crippen LogP contribution in [0.3, 0.4) is 0 Å². The van der Waals surface area contributed by atoms with Crippen LogP contribution in [0.5, 0.6) is 5.88 Å². The standard InChI is InChI=1S/C29H34N8O4/c1-4-23(38)35-10-12-36(13-11-35)25-20-7-9-37(24-18(2)15-31-27-26(24)41-29(39)33-27)16-22(20)32-28(21(25)14-30)40-17-19-6-5-8-34(19)3/h4,15,19H,1,5-13,16-17H2,2-3H3,(H,31,33,39)/t19-/m0/s1. The normalized spacial score (nSPS) is 19.3. The number of fused-ring (bicyclic) bond motifs is 2. The number of likely N-dealkylation sites (tertiary alicyclic amines) is 1. The smallest absolute Gasteiger partial charge is 0.418 e. The molecule has 3 aliphatic rings. The quantitative estimate of drug-likeness (QED) is 0.447. The van der Waals surface area contributed by atoms with Crippen molar-refractivity contribution in [2.24, 2.45) is 0 Å². The molecule has 6 rings (SSSR count). The second kappa shape index (κ2) is 10.9. The number of likely N-dealkylation sites (N-methyl/N-ethyl adjacent to an activating group) is 1. The van der Waals surface area contributed by atoms with E-state index in [4.69, 9.17) is 14.1 Å². The Balaban J connectivity index is 1.38. The average Bonchev–Trinajstić information content (AvgIpc) is 3.58. The summed E-state index contributed by atoms with van der Waals surface area (Å²) in [6.45, 7) is 10.4. The maximum atomic E-state index is 12.2. The van der Waals surface area contributed by atoms with Crippen LogP contribution in [-0.4, -0.2) is 89.6 Å². The van der Waals surface area contributed by atoms with Gasteiger partial charge >= 0.3 is 5.76 Å². The molecule has 6 heterocycles. The molecule has 1 amide bonds. The Morgan fingerprint density at radius 2 is 2.05 bits per heavy atom. The van der Waals surface area contributed by atoms with E-state index in [1.807, 2.05) is 6.92 Å². The van der Waals surface area contributed by atoms with Crippen molar-refractivity contribution in [1.82, 2.24) is 24.8 Å². The van der Waals surface area contributed by atoms with Crippen molar-refractivity contribution >= 4 is 28.5 Å². The largest absolute Gasteiger partial charge is 0.475 e. The fourth-order valence-corrected chi connectivity index (χ4v) is 6.29. The van der Waals surface area contributed by atoms with E-state index in [1.165, 1.54) is 6.08 Å². The molecule has 12 heteroatoms. The van der Waals surface area contributed by atoms with Gasteiger partial charge in [-0.15, -0.1) is 0 Å². The number of hydrogen-bond acceptors (Lipinski definition) is 10. The molecule has 0 saturated carbocycles. The van der Waals surface area contributed by atoms with Crippen LogP contribution in [0.15, 0.2) is 28.1 Å². The predicted molar refractivity (Wildman–Crippen MR) is 153 cm³/mol. The highest BCUT2D eigenvalue weighted by molar-refractivity contribution is 5.87. The first kappa shape index (κ1) is 26.8. The van der Waals surface area contributed by atoms with Crippen molar-refractivity contribution in [3.63, 3.8) is 0 Å². The lowest BCUT2D eigenvalue weighted by Crippen LogP contribution is -2.49. The first-order chi connectivity index (χ1) is 19.9. The second-order valence-electron chi connectivity index (χ2n) is 10.9. The van der Waals surface area contributed by atoms with E-state index < -0.39 is 5.76 Å². The number of aromatic amines is 1. The highest BCUT2D eigenvalue weighted by Gasteiger charge is 2.33. The van der Waals surface area contributed by atoms with E-state index in [0.717, 1.165) is 47.6 Å². The van der Waals surface area contributed by atoms with Crippen LogP contribution in [0.1, 0.15) is 35.2 Å². The second-order valence-corrected chi connectivity index (χ2v) is 10.9. The number of hydrogen-bond donors (Lipinski definition) is 1. The van der Waals surface area contributed by atoms with Gasteiger partial charge in [0.05, 0.1) is 23.6 Å². The Labute approximate surface area is 237 Å². The Hall–Kier alpha value is -4.37. The number of aryl methyl sites for hydroxylation is 1. The Morgan fingerprint density at radius 3 is 2.76 bits per heavy atom. The fraction of sp³-hybridized carbons (Fsp3) is 0.483. The summed E-state index contributed by atoms with van der Waals surface area (Å²) >= 11 is 0. The third-order valence-corrected chi connectivity index (χ3v) is 8.49. The van der Waals surface area contributed by atoms with Gasteiger partial charge in [0, 0.05) is 50.5 Å². The summed E-state index contributed by atoms with van der Waals surface area (Å²) in [5.74, 6) is -0.284. The zero-order valence-electron chi connectivity index (χ0n) is 23.5.